The summed E-state index contributed by atoms with van der Waals surface area (Å²) in [5.74, 6) is 0. The fraction of sp³-hybridized carbons (Fsp3) is 0.667. The summed E-state index contributed by atoms with van der Waals surface area (Å²) in [5.41, 5.74) is -0.318. The second-order valence-corrected chi connectivity index (χ2v) is 5.97. The number of imidazole rings is 1. The van der Waals surface area contributed by atoms with E-state index in [0.717, 1.165) is 12.8 Å². The highest BCUT2D eigenvalue weighted by molar-refractivity contribution is 6.28. The SMILES string of the molecule is CCCCCCCCCCn1c(=O)[nH]c(=O)c2[nH]c(Cl)nc21. The molecule has 2 aromatic rings. The van der Waals surface area contributed by atoms with Crippen LogP contribution in [0.4, 0.5) is 0 Å². The van der Waals surface area contributed by atoms with E-state index in [1.165, 1.54) is 43.1 Å². The molecule has 0 atom stereocenters. The predicted molar refractivity (Wildman–Crippen MR) is 88.6 cm³/mol. The maximum atomic E-state index is 11.9. The number of nitrogens with one attached hydrogen (secondary N) is 2. The first kappa shape index (κ1) is 16.8. The second kappa shape index (κ2) is 8.17. The zero-order valence-corrected chi connectivity index (χ0v) is 13.7. The molecule has 0 saturated heterocycles. The van der Waals surface area contributed by atoms with Crippen LogP contribution >= 0.6 is 11.6 Å². The van der Waals surface area contributed by atoms with Crippen LogP contribution in [0.5, 0.6) is 0 Å². The van der Waals surface area contributed by atoms with E-state index in [9.17, 15) is 9.59 Å². The number of halogens is 1. The maximum absolute atomic E-state index is 11.9. The van der Waals surface area contributed by atoms with Crippen molar-refractivity contribution in [2.24, 2.45) is 0 Å². The van der Waals surface area contributed by atoms with Crippen LogP contribution in [-0.4, -0.2) is 19.5 Å². The molecule has 0 radical (unpaired) electrons. The van der Waals surface area contributed by atoms with E-state index in [4.69, 9.17) is 11.6 Å². The van der Waals surface area contributed by atoms with Crippen molar-refractivity contribution in [2.75, 3.05) is 0 Å². The molecule has 0 aliphatic heterocycles. The molecule has 0 fully saturated rings. The van der Waals surface area contributed by atoms with Gasteiger partial charge in [-0.05, 0) is 18.0 Å². The number of hydrogen-bond donors (Lipinski definition) is 2. The zero-order chi connectivity index (χ0) is 15.9. The van der Waals surface area contributed by atoms with Crippen LogP contribution in [0.1, 0.15) is 58.3 Å². The maximum Gasteiger partial charge on any atom is 0.330 e. The smallest absolute Gasteiger partial charge is 0.323 e. The van der Waals surface area contributed by atoms with Gasteiger partial charge in [-0.2, -0.15) is 4.98 Å². The van der Waals surface area contributed by atoms with Crippen molar-refractivity contribution in [3.63, 3.8) is 0 Å². The molecular weight excluding hydrogens is 304 g/mol. The van der Waals surface area contributed by atoms with Gasteiger partial charge in [-0.15, -0.1) is 0 Å². The molecule has 0 saturated carbocycles. The number of hydrogen-bond acceptors (Lipinski definition) is 3. The van der Waals surface area contributed by atoms with Crippen molar-refractivity contribution >= 4 is 22.8 Å². The van der Waals surface area contributed by atoms with E-state index in [1.54, 1.807) is 0 Å². The Morgan fingerprint density at radius 3 is 2.32 bits per heavy atom. The largest absolute Gasteiger partial charge is 0.330 e. The molecule has 2 N–H and O–H groups in total. The predicted octanol–water partition coefficient (Wildman–Crippen LogP) is 3.21. The lowest BCUT2D eigenvalue weighted by Gasteiger charge is -2.06. The Labute approximate surface area is 133 Å². The van der Waals surface area contributed by atoms with Crippen molar-refractivity contribution in [3.8, 4) is 0 Å². The number of unbranched alkanes of at least 4 members (excludes halogenated alkanes) is 7. The monoisotopic (exact) mass is 326 g/mol. The molecule has 0 aliphatic carbocycles. The van der Waals surface area contributed by atoms with Crippen LogP contribution < -0.4 is 11.2 Å². The van der Waals surface area contributed by atoms with E-state index < -0.39 is 11.2 Å². The first-order valence-electron chi connectivity index (χ1n) is 8.01. The molecule has 7 heteroatoms. The van der Waals surface area contributed by atoms with Gasteiger partial charge >= 0.3 is 5.69 Å². The number of rotatable bonds is 9. The molecule has 22 heavy (non-hydrogen) atoms. The van der Waals surface area contributed by atoms with Crippen LogP contribution in [0.15, 0.2) is 9.59 Å². The summed E-state index contributed by atoms with van der Waals surface area (Å²) >= 11 is 5.79. The fourth-order valence-electron chi connectivity index (χ4n) is 2.62. The number of aromatic amines is 2. The Bertz CT molecular complexity index is 716. The van der Waals surface area contributed by atoms with Gasteiger partial charge in [0.1, 0.15) is 0 Å². The number of aromatic nitrogens is 4. The molecule has 0 unspecified atom stereocenters. The molecule has 0 amide bonds. The van der Waals surface area contributed by atoms with Gasteiger partial charge in [-0.1, -0.05) is 51.9 Å². The molecule has 2 rings (SSSR count). The molecular formula is C15H23ClN4O2. The van der Waals surface area contributed by atoms with Crippen LogP contribution in [0.3, 0.4) is 0 Å². The van der Waals surface area contributed by atoms with Gasteiger partial charge in [0, 0.05) is 6.54 Å². The molecule has 0 aliphatic rings. The van der Waals surface area contributed by atoms with Crippen molar-refractivity contribution in [3.05, 3.63) is 26.1 Å². The summed E-state index contributed by atoms with van der Waals surface area (Å²) < 4.78 is 1.48. The van der Waals surface area contributed by atoms with Gasteiger partial charge in [-0.3, -0.25) is 14.3 Å². The second-order valence-electron chi connectivity index (χ2n) is 5.61. The third-order valence-electron chi connectivity index (χ3n) is 3.84. The van der Waals surface area contributed by atoms with E-state index in [-0.39, 0.29) is 10.8 Å². The lowest BCUT2D eigenvalue weighted by atomic mass is 10.1. The Morgan fingerprint density at radius 2 is 1.64 bits per heavy atom. The summed E-state index contributed by atoms with van der Waals surface area (Å²) in [5, 5.41) is 0.121. The van der Waals surface area contributed by atoms with Gasteiger partial charge in [-0.25, -0.2) is 4.79 Å². The summed E-state index contributed by atoms with van der Waals surface area (Å²) in [6.07, 6.45) is 9.53. The summed E-state index contributed by atoms with van der Waals surface area (Å²) in [4.78, 5) is 32.6. The first-order chi connectivity index (χ1) is 10.6. The van der Waals surface area contributed by atoms with E-state index in [2.05, 4.69) is 21.9 Å². The topological polar surface area (TPSA) is 83.5 Å². The highest BCUT2D eigenvalue weighted by Crippen LogP contribution is 2.11. The third-order valence-corrected chi connectivity index (χ3v) is 4.02. The Kier molecular flexibility index (Phi) is 6.24. The molecule has 6 nitrogen and oxygen atoms in total. The molecule has 122 valence electrons. The standard InChI is InChI=1S/C15H23ClN4O2/c1-2-3-4-5-6-7-8-9-10-20-12-11(17-14(16)18-12)13(21)19-15(20)22/h2-10H2,1H3,(H,17,18)(H,19,21,22). The average molecular weight is 327 g/mol. The molecule has 2 aromatic heterocycles. The van der Waals surface area contributed by atoms with Crippen molar-refractivity contribution in [2.45, 2.75) is 64.8 Å². The first-order valence-corrected chi connectivity index (χ1v) is 8.39. The highest BCUT2D eigenvalue weighted by Gasteiger charge is 2.11. The van der Waals surface area contributed by atoms with Gasteiger partial charge in [0.05, 0.1) is 0 Å². The summed E-state index contributed by atoms with van der Waals surface area (Å²) in [7, 11) is 0. The Hall–Kier alpha value is -1.56. The van der Waals surface area contributed by atoms with E-state index in [1.807, 2.05) is 0 Å². The molecule has 0 bridgehead atoms. The lowest BCUT2D eigenvalue weighted by molar-refractivity contribution is 0.539. The quantitative estimate of drug-likeness (QED) is 0.548. The lowest BCUT2D eigenvalue weighted by Crippen LogP contribution is -2.30. The van der Waals surface area contributed by atoms with Gasteiger partial charge in [0.15, 0.2) is 11.2 Å². The molecule has 0 aromatic carbocycles. The van der Waals surface area contributed by atoms with Crippen LogP contribution in [-0.2, 0) is 6.54 Å². The van der Waals surface area contributed by atoms with Crippen LogP contribution in [0.25, 0.3) is 11.2 Å². The molecule has 0 spiro atoms. The van der Waals surface area contributed by atoms with Crippen LogP contribution in [0, 0.1) is 0 Å². The minimum absolute atomic E-state index is 0.121. The summed E-state index contributed by atoms with van der Waals surface area (Å²) in [6.45, 7) is 2.76. The zero-order valence-electron chi connectivity index (χ0n) is 13.0. The van der Waals surface area contributed by atoms with Gasteiger partial charge in [0.25, 0.3) is 5.56 Å². The number of aryl methyl sites for hydroxylation is 1. The van der Waals surface area contributed by atoms with Crippen molar-refractivity contribution in [1.82, 2.24) is 19.5 Å². The highest BCUT2D eigenvalue weighted by atomic mass is 35.5. The number of fused-ring (bicyclic) bond motifs is 1. The minimum Gasteiger partial charge on any atom is -0.323 e. The van der Waals surface area contributed by atoms with Gasteiger partial charge < -0.3 is 4.98 Å². The Balaban J connectivity index is 1.89. The normalized spacial score (nSPS) is 11.4. The summed E-state index contributed by atoms with van der Waals surface area (Å²) in [6, 6.07) is 0. The average Bonchev–Trinajstić information content (AvgIpc) is 2.87. The number of H-pyrrole nitrogens is 2. The van der Waals surface area contributed by atoms with E-state index >= 15 is 0 Å². The molecule has 2 heterocycles. The van der Waals surface area contributed by atoms with E-state index in [0.29, 0.717) is 12.2 Å². The fourth-order valence-corrected chi connectivity index (χ4v) is 2.80. The Morgan fingerprint density at radius 1 is 1.00 bits per heavy atom. The van der Waals surface area contributed by atoms with Crippen molar-refractivity contribution in [1.29, 1.82) is 0 Å². The minimum atomic E-state index is -0.480. The number of nitrogens with zero attached hydrogens (tertiary/aromatic N) is 2. The third kappa shape index (κ3) is 4.22. The van der Waals surface area contributed by atoms with Crippen LogP contribution in [0.2, 0.25) is 5.28 Å². The van der Waals surface area contributed by atoms with Crippen molar-refractivity contribution < 1.29 is 0 Å². The van der Waals surface area contributed by atoms with Gasteiger partial charge in [0.2, 0.25) is 5.28 Å².